The zero-order valence-electron chi connectivity index (χ0n) is 16.6. The first-order valence-corrected chi connectivity index (χ1v) is 10.8. The Hall–Kier alpha value is -2.06. The summed E-state index contributed by atoms with van der Waals surface area (Å²) in [5.41, 5.74) is 1.85. The molecule has 0 aliphatic rings. The quantitative estimate of drug-likeness (QED) is 0.554. The summed E-state index contributed by atoms with van der Waals surface area (Å²) in [6.07, 6.45) is 2.16. The van der Waals surface area contributed by atoms with E-state index in [1.807, 2.05) is 45.0 Å². The Balaban J connectivity index is 1.73. The van der Waals surface area contributed by atoms with Crippen molar-refractivity contribution in [2.24, 2.45) is 0 Å². The Morgan fingerprint density at radius 2 is 2.07 bits per heavy atom. The smallest absolute Gasteiger partial charge is 0.251 e. The largest absolute Gasteiger partial charge is 0.598 e. The Bertz CT molecular complexity index is 1040. The molecule has 0 amide bonds. The highest BCUT2D eigenvalue weighted by atomic mass is 35.5. The number of H-pyrrole nitrogens is 1. The van der Waals surface area contributed by atoms with Crippen LogP contribution in [0.4, 0.5) is 0 Å². The molecule has 2 aromatic heterocycles. The maximum Gasteiger partial charge on any atom is 0.251 e. The monoisotopic (exact) mass is 433 g/mol. The van der Waals surface area contributed by atoms with Crippen LogP contribution in [0.3, 0.4) is 0 Å². The molecule has 8 heteroatoms. The van der Waals surface area contributed by atoms with Gasteiger partial charge in [-0.25, -0.2) is 0 Å². The molecule has 0 spiro atoms. The normalized spacial score (nSPS) is 12.9. The molecule has 2 N–H and O–H groups in total. The van der Waals surface area contributed by atoms with Gasteiger partial charge in [-0.05, 0) is 51.5 Å². The number of benzene rings is 1. The second-order valence-electron chi connectivity index (χ2n) is 7.63. The number of aromatic nitrogens is 2. The molecule has 3 aromatic rings. The second kappa shape index (κ2) is 9.17. The fourth-order valence-electron chi connectivity index (χ4n) is 2.68. The van der Waals surface area contributed by atoms with Gasteiger partial charge in [0.2, 0.25) is 0 Å². The van der Waals surface area contributed by atoms with Crippen molar-refractivity contribution in [2.45, 2.75) is 38.5 Å². The van der Waals surface area contributed by atoms with Crippen LogP contribution in [0, 0.1) is 0 Å². The average Bonchev–Trinajstić information content (AvgIpc) is 2.67. The van der Waals surface area contributed by atoms with Crippen molar-refractivity contribution >= 4 is 33.9 Å². The van der Waals surface area contributed by atoms with Crippen LogP contribution in [0.5, 0.6) is 5.75 Å². The van der Waals surface area contributed by atoms with Gasteiger partial charge in [0.1, 0.15) is 17.1 Å². The average molecular weight is 434 g/mol. The van der Waals surface area contributed by atoms with Crippen molar-refractivity contribution in [1.82, 2.24) is 14.7 Å². The van der Waals surface area contributed by atoms with E-state index in [1.54, 1.807) is 18.3 Å². The lowest BCUT2D eigenvalue weighted by Gasteiger charge is -2.23. The van der Waals surface area contributed by atoms with Crippen molar-refractivity contribution < 1.29 is 9.29 Å². The summed E-state index contributed by atoms with van der Waals surface area (Å²) in [4.78, 5) is 19.5. The van der Waals surface area contributed by atoms with E-state index in [0.29, 0.717) is 34.8 Å². The van der Waals surface area contributed by atoms with E-state index in [2.05, 4.69) is 14.7 Å². The van der Waals surface area contributed by atoms with Gasteiger partial charge in [0.25, 0.3) is 5.56 Å². The van der Waals surface area contributed by atoms with Gasteiger partial charge in [-0.2, -0.15) is 0 Å². The SMILES string of the molecule is CC(C)(C)[S+]([O-])NCCc1cc2cc(Cl)c(OCc3ccccn3)cc2[nH]c1=O. The van der Waals surface area contributed by atoms with Gasteiger partial charge in [0.15, 0.2) is 0 Å². The molecule has 1 atom stereocenters. The molecular weight excluding hydrogens is 410 g/mol. The van der Waals surface area contributed by atoms with Gasteiger partial charge in [0.05, 0.1) is 16.2 Å². The Morgan fingerprint density at radius 3 is 2.76 bits per heavy atom. The first-order chi connectivity index (χ1) is 13.7. The predicted molar refractivity (Wildman–Crippen MR) is 118 cm³/mol. The molecule has 0 radical (unpaired) electrons. The van der Waals surface area contributed by atoms with Crippen LogP contribution >= 0.6 is 11.6 Å². The van der Waals surface area contributed by atoms with Gasteiger partial charge >= 0.3 is 0 Å². The minimum atomic E-state index is -1.17. The van der Waals surface area contributed by atoms with Crippen molar-refractivity contribution in [3.05, 3.63) is 69.2 Å². The van der Waals surface area contributed by atoms with Crippen LogP contribution in [0.25, 0.3) is 10.9 Å². The molecule has 154 valence electrons. The number of nitrogens with zero attached hydrogens (tertiary/aromatic N) is 1. The van der Waals surface area contributed by atoms with Crippen LogP contribution in [0.15, 0.2) is 47.4 Å². The van der Waals surface area contributed by atoms with Crippen molar-refractivity contribution in [2.75, 3.05) is 6.54 Å². The van der Waals surface area contributed by atoms with Gasteiger partial charge in [-0.1, -0.05) is 17.7 Å². The minimum Gasteiger partial charge on any atom is -0.598 e. The fraction of sp³-hybridized carbons (Fsp3) is 0.333. The molecule has 0 saturated heterocycles. The Labute approximate surface area is 178 Å². The highest BCUT2D eigenvalue weighted by Gasteiger charge is 2.25. The summed E-state index contributed by atoms with van der Waals surface area (Å²) >= 11 is 5.19. The Morgan fingerprint density at radius 1 is 1.28 bits per heavy atom. The van der Waals surface area contributed by atoms with E-state index in [1.165, 1.54) is 0 Å². The Kier molecular flexibility index (Phi) is 6.85. The lowest BCUT2D eigenvalue weighted by Crippen LogP contribution is -2.40. The number of rotatable bonds is 7. The maximum atomic E-state index is 12.4. The zero-order chi connectivity index (χ0) is 21.0. The summed E-state index contributed by atoms with van der Waals surface area (Å²) in [7, 11) is 0. The third-order valence-corrected chi connectivity index (χ3v) is 6.13. The fourth-order valence-corrected chi connectivity index (χ4v) is 3.63. The van der Waals surface area contributed by atoms with E-state index in [0.717, 1.165) is 11.1 Å². The highest BCUT2D eigenvalue weighted by Crippen LogP contribution is 2.29. The number of hydrogen-bond donors (Lipinski definition) is 2. The van der Waals surface area contributed by atoms with Crippen molar-refractivity contribution in [3.8, 4) is 5.75 Å². The summed E-state index contributed by atoms with van der Waals surface area (Å²) in [5.74, 6) is 0.482. The number of aromatic amines is 1. The van der Waals surface area contributed by atoms with Gasteiger partial charge in [-0.15, -0.1) is 4.72 Å². The third-order valence-electron chi connectivity index (χ3n) is 4.26. The number of nitrogens with one attached hydrogen (secondary N) is 2. The predicted octanol–water partition coefficient (Wildman–Crippen LogP) is 3.75. The molecule has 1 unspecified atom stereocenters. The van der Waals surface area contributed by atoms with Crippen LogP contribution in [0.2, 0.25) is 5.02 Å². The molecule has 0 bridgehead atoms. The topological polar surface area (TPSA) is 90.1 Å². The lowest BCUT2D eigenvalue weighted by molar-refractivity contribution is 0.302. The molecule has 2 heterocycles. The van der Waals surface area contributed by atoms with Crippen LogP contribution < -0.4 is 15.0 Å². The van der Waals surface area contributed by atoms with E-state index < -0.39 is 11.4 Å². The minimum absolute atomic E-state index is 0.182. The molecule has 6 nitrogen and oxygen atoms in total. The van der Waals surface area contributed by atoms with Crippen LogP contribution in [-0.4, -0.2) is 25.8 Å². The highest BCUT2D eigenvalue weighted by molar-refractivity contribution is 7.90. The van der Waals surface area contributed by atoms with Gasteiger partial charge < -0.3 is 14.3 Å². The summed E-state index contributed by atoms with van der Waals surface area (Å²) < 4.78 is 20.5. The second-order valence-corrected chi connectivity index (χ2v) is 10.1. The van der Waals surface area contributed by atoms with E-state index >= 15 is 0 Å². The van der Waals surface area contributed by atoms with Gasteiger partial charge in [-0.3, -0.25) is 9.78 Å². The van der Waals surface area contributed by atoms with E-state index in [4.69, 9.17) is 16.3 Å². The molecule has 3 rings (SSSR count). The number of ether oxygens (including phenoxy) is 1. The van der Waals surface area contributed by atoms with Gasteiger partial charge in [0, 0.05) is 41.1 Å². The van der Waals surface area contributed by atoms with E-state index in [-0.39, 0.29) is 16.9 Å². The molecular formula is C21H24ClN3O3S. The first-order valence-electron chi connectivity index (χ1n) is 9.27. The van der Waals surface area contributed by atoms with E-state index in [9.17, 15) is 9.35 Å². The standard InChI is InChI=1S/C21H24ClN3O3S/c1-21(2,3)29(27)24-9-7-14-10-15-11-17(22)19(12-18(15)25-20(14)26)28-13-16-6-4-5-8-23-16/h4-6,8,10-12,24H,7,9,13H2,1-3H3,(H,25,26). The molecule has 29 heavy (non-hydrogen) atoms. The lowest BCUT2D eigenvalue weighted by atomic mass is 10.1. The first kappa shape index (κ1) is 21.6. The van der Waals surface area contributed by atoms with Crippen molar-refractivity contribution in [1.29, 1.82) is 0 Å². The molecule has 1 aromatic carbocycles. The van der Waals surface area contributed by atoms with Crippen LogP contribution in [0.1, 0.15) is 32.0 Å². The van der Waals surface area contributed by atoms with Crippen molar-refractivity contribution in [3.63, 3.8) is 0 Å². The molecule has 0 aliphatic heterocycles. The molecule has 0 aliphatic carbocycles. The zero-order valence-corrected chi connectivity index (χ0v) is 18.2. The number of pyridine rings is 2. The summed E-state index contributed by atoms with van der Waals surface area (Å²) in [5, 5.41) is 1.27. The maximum absolute atomic E-state index is 12.4. The number of halogens is 1. The number of fused-ring (bicyclic) bond motifs is 1. The molecule has 0 saturated carbocycles. The third kappa shape index (κ3) is 5.73. The summed E-state index contributed by atoms with van der Waals surface area (Å²) in [6.45, 7) is 6.42. The summed E-state index contributed by atoms with van der Waals surface area (Å²) in [6, 6.07) is 10.9. The molecule has 0 fully saturated rings. The number of hydrogen-bond acceptors (Lipinski definition) is 5. The van der Waals surface area contributed by atoms with Crippen LogP contribution in [-0.2, 0) is 24.4 Å².